The van der Waals surface area contributed by atoms with E-state index in [9.17, 15) is 4.79 Å². The van der Waals surface area contributed by atoms with E-state index >= 15 is 0 Å². The normalized spacial score (nSPS) is 16.9. The van der Waals surface area contributed by atoms with E-state index in [0.717, 1.165) is 29.0 Å². The van der Waals surface area contributed by atoms with E-state index in [-0.39, 0.29) is 11.9 Å². The van der Waals surface area contributed by atoms with Gasteiger partial charge in [0.05, 0.1) is 18.9 Å². The number of hydrazone groups is 1. The Morgan fingerprint density at radius 2 is 1.88 bits per heavy atom. The molecule has 4 nitrogen and oxygen atoms in total. The highest BCUT2D eigenvalue weighted by molar-refractivity contribution is 6.04. The molecule has 4 heteroatoms. The smallest absolute Gasteiger partial charge is 0.240 e. The van der Waals surface area contributed by atoms with Crippen molar-refractivity contribution in [2.24, 2.45) is 5.10 Å². The van der Waals surface area contributed by atoms with Gasteiger partial charge in [-0.15, -0.1) is 0 Å². The topological polar surface area (TPSA) is 41.9 Å². The molecule has 0 N–H and O–H groups in total. The Hall–Kier alpha value is -2.62. The van der Waals surface area contributed by atoms with Crippen LogP contribution >= 0.6 is 0 Å². The van der Waals surface area contributed by atoms with Gasteiger partial charge in [-0.2, -0.15) is 5.10 Å². The number of amides is 1. The largest absolute Gasteiger partial charge is 0.497 e. The summed E-state index contributed by atoms with van der Waals surface area (Å²) in [5, 5.41) is 6.21. The summed E-state index contributed by atoms with van der Waals surface area (Å²) in [6, 6.07) is 14.1. The number of benzene rings is 2. The molecular weight excluding hydrogens is 300 g/mol. The zero-order valence-corrected chi connectivity index (χ0v) is 14.5. The molecular formula is C20H22N2O2. The molecule has 0 saturated carbocycles. The zero-order chi connectivity index (χ0) is 17.3. The van der Waals surface area contributed by atoms with E-state index in [0.29, 0.717) is 0 Å². The number of ether oxygens (including phenoxy) is 1. The van der Waals surface area contributed by atoms with Crippen molar-refractivity contribution in [3.05, 3.63) is 64.7 Å². The van der Waals surface area contributed by atoms with Gasteiger partial charge in [0.25, 0.3) is 0 Å². The lowest BCUT2D eigenvalue weighted by Gasteiger charge is -2.20. The molecule has 0 spiro atoms. The first-order valence-electron chi connectivity index (χ1n) is 8.08. The summed E-state index contributed by atoms with van der Waals surface area (Å²) >= 11 is 0. The summed E-state index contributed by atoms with van der Waals surface area (Å²) < 4.78 is 5.21. The van der Waals surface area contributed by atoms with Gasteiger partial charge < -0.3 is 4.74 Å². The van der Waals surface area contributed by atoms with Crippen molar-refractivity contribution in [1.82, 2.24) is 5.01 Å². The fraction of sp³-hybridized carbons (Fsp3) is 0.300. The fourth-order valence-electron chi connectivity index (χ4n) is 3.19. The Morgan fingerprint density at radius 1 is 1.17 bits per heavy atom. The van der Waals surface area contributed by atoms with Gasteiger partial charge in [-0.1, -0.05) is 35.9 Å². The standard InChI is InChI=1S/C20H22N2O2/c1-13-5-10-18(14(2)11-13)19-12-20(22(21-19)15(3)23)16-6-8-17(24-4)9-7-16/h5-11,20H,12H2,1-4H3/t20-/m0/s1. The van der Waals surface area contributed by atoms with Gasteiger partial charge in [0.2, 0.25) is 5.91 Å². The van der Waals surface area contributed by atoms with Crippen LogP contribution in [0, 0.1) is 13.8 Å². The maximum atomic E-state index is 12.1. The van der Waals surface area contributed by atoms with Crippen LogP contribution in [0.25, 0.3) is 0 Å². The molecule has 0 unspecified atom stereocenters. The molecule has 24 heavy (non-hydrogen) atoms. The highest BCUT2D eigenvalue weighted by Gasteiger charge is 2.31. The van der Waals surface area contributed by atoms with Gasteiger partial charge >= 0.3 is 0 Å². The summed E-state index contributed by atoms with van der Waals surface area (Å²) in [4.78, 5) is 12.1. The van der Waals surface area contributed by atoms with Crippen LogP contribution in [-0.2, 0) is 4.79 Å². The second-order valence-corrected chi connectivity index (χ2v) is 6.22. The van der Waals surface area contributed by atoms with Crippen LogP contribution in [0.1, 0.15) is 41.6 Å². The Kier molecular flexibility index (Phi) is 4.38. The molecule has 1 atom stereocenters. The average Bonchev–Trinajstić information content (AvgIpc) is 3.00. The molecule has 0 aromatic heterocycles. The first kappa shape index (κ1) is 16.2. The lowest BCUT2D eigenvalue weighted by molar-refractivity contribution is -0.130. The van der Waals surface area contributed by atoms with Crippen molar-refractivity contribution in [2.75, 3.05) is 7.11 Å². The van der Waals surface area contributed by atoms with Gasteiger partial charge in [0, 0.05) is 18.9 Å². The van der Waals surface area contributed by atoms with Crippen LogP contribution in [0.3, 0.4) is 0 Å². The summed E-state index contributed by atoms with van der Waals surface area (Å²) in [7, 11) is 1.65. The lowest BCUT2D eigenvalue weighted by atomic mass is 9.95. The lowest BCUT2D eigenvalue weighted by Crippen LogP contribution is -2.24. The molecule has 0 radical (unpaired) electrons. The maximum absolute atomic E-state index is 12.1. The van der Waals surface area contributed by atoms with E-state index in [1.807, 2.05) is 24.3 Å². The minimum absolute atomic E-state index is 0.0458. The first-order chi connectivity index (χ1) is 11.5. The van der Waals surface area contributed by atoms with Crippen LogP contribution < -0.4 is 4.74 Å². The van der Waals surface area contributed by atoms with Crippen molar-refractivity contribution in [1.29, 1.82) is 0 Å². The Balaban J connectivity index is 1.94. The molecule has 0 fully saturated rings. The number of methoxy groups -OCH3 is 1. The molecule has 3 rings (SSSR count). The average molecular weight is 322 g/mol. The zero-order valence-electron chi connectivity index (χ0n) is 14.5. The Bertz CT molecular complexity index is 794. The molecule has 0 aliphatic carbocycles. The van der Waals surface area contributed by atoms with Gasteiger partial charge in [0.1, 0.15) is 5.75 Å². The molecule has 1 heterocycles. The molecule has 0 bridgehead atoms. The highest BCUT2D eigenvalue weighted by atomic mass is 16.5. The molecule has 2 aromatic rings. The molecule has 1 aliphatic heterocycles. The first-order valence-corrected chi connectivity index (χ1v) is 8.08. The van der Waals surface area contributed by atoms with Crippen molar-refractivity contribution in [2.45, 2.75) is 33.2 Å². The van der Waals surface area contributed by atoms with Crippen LogP contribution in [-0.4, -0.2) is 23.7 Å². The van der Waals surface area contributed by atoms with Crippen molar-refractivity contribution < 1.29 is 9.53 Å². The maximum Gasteiger partial charge on any atom is 0.240 e. The molecule has 2 aromatic carbocycles. The summed E-state index contributed by atoms with van der Waals surface area (Å²) in [5.74, 6) is 0.761. The van der Waals surface area contributed by atoms with Crippen LogP contribution in [0.4, 0.5) is 0 Å². The van der Waals surface area contributed by atoms with E-state index < -0.39 is 0 Å². The third-order valence-corrected chi connectivity index (χ3v) is 4.43. The van der Waals surface area contributed by atoms with Crippen LogP contribution in [0.15, 0.2) is 47.6 Å². The number of hydrogen-bond donors (Lipinski definition) is 0. The van der Waals surface area contributed by atoms with E-state index in [1.165, 1.54) is 11.1 Å². The Morgan fingerprint density at radius 3 is 2.46 bits per heavy atom. The third-order valence-electron chi connectivity index (χ3n) is 4.43. The van der Waals surface area contributed by atoms with E-state index in [4.69, 9.17) is 4.74 Å². The molecule has 1 amide bonds. The van der Waals surface area contributed by atoms with Gasteiger partial charge in [-0.25, -0.2) is 5.01 Å². The van der Waals surface area contributed by atoms with Crippen molar-refractivity contribution >= 4 is 11.6 Å². The number of rotatable bonds is 3. The SMILES string of the molecule is COc1ccc([C@@H]2CC(c3ccc(C)cc3C)=NN2C(C)=O)cc1. The predicted octanol–water partition coefficient (Wildman–Crippen LogP) is 4.01. The van der Waals surface area contributed by atoms with E-state index in [2.05, 4.69) is 37.1 Å². The van der Waals surface area contributed by atoms with Crippen molar-refractivity contribution in [3.8, 4) is 5.75 Å². The fourth-order valence-corrected chi connectivity index (χ4v) is 3.19. The molecule has 124 valence electrons. The third kappa shape index (κ3) is 3.04. The van der Waals surface area contributed by atoms with E-state index in [1.54, 1.807) is 19.0 Å². The summed E-state index contributed by atoms with van der Waals surface area (Å²) in [6.07, 6.45) is 0.718. The molecule has 1 aliphatic rings. The number of aryl methyl sites for hydroxylation is 2. The monoisotopic (exact) mass is 322 g/mol. The van der Waals surface area contributed by atoms with Gasteiger partial charge in [0.15, 0.2) is 0 Å². The predicted molar refractivity (Wildman–Crippen MR) is 95.3 cm³/mol. The van der Waals surface area contributed by atoms with Gasteiger partial charge in [-0.3, -0.25) is 4.79 Å². The van der Waals surface area contributed by atoms with Gasteiger partial charge in [-0.05, 0) is 37.1 Å². The molecule has 0 saturated heterocycles. The number of nitrogens with zero attached hydrogens (tertiary/aromatic N) is 2. The minimum Gasteiger partial charge on any atom is -0.497 e. The number of hydrogen-bond acceptors (Lipinski definition) is 3. The van der Waals surface area contributed by atoms with Crippen molar-refractivity contribution in [3.63, 3.8) is 0 Å². The number of carbonyl (C=O) groups excluding carboxylic acids is 1. The second-order valence-electron chi connectivity index (χ2n) is 6.22. The highest BCUT2D eigenvalue weighted by Crippen LogP contribution is 2.34. The number of carbonyl (C=O) groups is 1. The summed E-state index contributed by atoms with van der Waals surface area (Å²) in [5.41, 5.74) is 5.55. The quantitative estimate of drug-likeness (QED) is 0.857. The summed E-state index contributed by atoms with van der Waals surface area (Å²) in [6.45, 7) is 5.73. The van der Waals surface area contributed by atoms with Crippen LogP contribution in [0.2, 0.25) is 0 Å². The minimum atomic E-state index is -0.0656. The Labute approximate surface area is 142 Å². The van der Waals surface area contributed by atoms with Crippen LogP contribution in [0.5, 0.6) is 5.75 Å². The second kappa shape index (κ2) is 6.48.